The molecule has 16 heavy (non-hydrogen) atoms. The Balaban J connectivity index is 2.36. The van der Waals surface area contributed by atoms with E-state index in [2.05, 4.69) is 52.0 Å². The van der Waals surface area contributed by atoms with Gasteiger partial charge in [0.05, 0.1) is 0 Å². The van der Waals surface area contributed by atoms with Crippen molar-refractivity contribution in [2.45, 2.75) is 37.5 Å². The van der Waals surface area contributed by atoms with Gasteiger partial charge in [0, 0.05) is 14.0 Å². The molecule has 0 amide bonds. The molecular formula is C14H18S2. The summed E-state index contributed by atoms with van der Waals surface area (Å²) >= 11 is 3.89. The first-order chi connectivity index (χ1) is 7.59. The molecule has 0 nitrogen and oxygen atoms in total. The van der Waals surface area contributed by atoms with Crippen molar-refractivity contribution < 1.29 is 0 Å². The van der Waals surface area contributed by atoms with Crippen molar-refractivity contribution >= 4 is 23.5 Å². The summed E-state index contributed by atoms with van der Waals surface area (Å²) in [6.07, 6.45) is 0. The predicted molar refractivity (Wildman–Crippen MR) is 74.9 cm³/mol. The number of rotatable bonds is 2. The van der Waals surface area contributed by atoms with Crippen molar-refractivity contribution in [1.29, 1.82) is 0 Å². The average molecular weight is 250 g/mol. The van der Waals surface area contributed by atoms with Crippen LogP contribution in [-0.4, -0.2) is 0 Å². The molecule has 2 rings (SSSR count). The highest BCUT2D eigenvalue weighted by Gasteiger charge is 2.23. The molecule has 0 N–H and O–H groups in total. The van der Waals surface area contributed by atoms with Gasteiger partial charge in [-0.05, 0) is 29.5 Å². The number of hydrogen-bond donors (Lipinski definition) is 0. The van der Waals surface area contributed by atoms with E-state index in [1.165, 1.54) is 14.0 Å². The van der Waals surface area contributed by atoms with Crippen LogP contribution in [0.2, 0.25) is 0 Å². The number of fused-ring (bicyclic) bond motifs is 1. The highest BCUT2D eigenvalue weighted by molar-refractivity contribution is 8.24. The largest absolute Gasteiger partial charge is 0.0816 e. The van der Waals surface area contributed by atoms with Gasteiger partial charge in [0.1, 0.15) is 0 Å². The lowest BCUT2D eigenvalue weighted by Crippen LogP contribution is -2.03. The van der Waals surface area contributed by atoms with Gasteiger partial charge in [-0.15, -0.1) is 0 Å². The summed E-state index contributed by atoms with van der Waals surface area (Å²) in [6, 6.07) is 8.69. The Morgan fingerprint density at radius 3 is 1.69 bits per heavy atom. The fraction of sp³-hybridized carbons (Fsp3) is 0.429. The SMILES string of the molecule is CC(C)C(=C1Sc2ccccc2S1)C(C)C. The molecule has 0 aromatic heterocycles. The van der Waals surface area contributed by atoms with Crippen molar-refractivity contribution in [2.24, 2.45) is 11.8 Å². The zero-order chi connectivity index (χ0) is 11.7. The quantitative estimate of drug-likeness (QED) is 0.688. The molecule has 0 fully saturated rings. The molecule has 0 unspecified atom stereocenters. The van der Waals surface area contributed by atoms with E-state index in [4.69, 9.17) is 0 Å². The third-order valence-corrected chi connectivity index (χ3v) is 5.36. The van der Waals surface area contributed by atoms with Gasteiger partial charge in [-0.3, -0.25) is 0 Å². The van der Waals surface area contributed by atoms with Crippen LogP contribution in [0.5, 0.6) is 0 Å². The molecular weight excluding hydrogens is 232 g/mol. The van der Waals surface area contributed by atoms with Crippen molar-refractivity contribution in [1.82, 2.24) is 0 Å². The van der Waals surface area contributed by atoms with E-state index in [0.717, 1.165) is 0 Å². The lowest BCUT2D eigenvalue weighted by atomic mass is 9.94. The first kappa shape index (κ1) is 12.1. The Kier molecular flexibility index (Phi) is 3.70. The second kappa shape index (κ2) is 4.89. The third-order valence-electron chi connectivity index (χ3n) is 2.73. The van der Waals surface area contributed by atoms with Gasteiger partial charge in [0.15, 0.2) is 0 Å². The molecule has 0 aliphatic carbocycles. The second-order valence-corrected chi connectivity index (χ2v) is 7.07. The molecule has 1 aliphatic heterocycles. The van der Waals surface area contributed by atoms with E-state index in [-0.39, 0.29) is 0 Å². The molecule has 0 spiro atoms. The fourth-order valence-corrected chi connectivity index (χ4v) is 5.26. The van der Waals surface area contributed by atoms with Gasteiger partial charge in [0.2, 0.25) is 0 Å². The van der Waals surface area contributed by atoms with Crippen LogP contribution in [0.3, 0.4) is 0 Å². The Labute approximate surface area is 107 Å². The maximum Gasteiger partial charge on any atom is 0.0496 e. The molecule has 1 aliphatic rings. The number of thioether (sulfide) groups is 2. The summed E-state index contributed by atoms with van der Waals surface area (Å²) in [5.74, 6) is 1.29. The van der Waals surface area contributed by atoms with E-state index >= 15 is 0 Å². The van der Waals surface area contributed by atoms with Crippen LogP contribution >= 0.6 is 23.5 Å². The summed E-state index contributed by atoms with van der Waals surface area (Å²) in [5.41, 5.74) is 1.60. The molecule has 2 heteroatoms. The van der Waals surface area contributed by atoms with Crippen LogP contribution in [0.1, 0.15) is 27.7 Å². The first-order valence-electron chi connectivity index (χ1n) is 5.78. The minimum absolute atomic E-state index is 0.643. The molecule has 1 heterocycles. The zero-order valence-electron chi connectivity index (χ0n) is 10.3. The lowest BCUT2D eigenvalue weighted by molar-refractivity contribution is 0.627. The molecule has 1 aromatic carbocycles. The van der Waals surface area contributed by atoms with Crippen molar-refractivity contribution in [3.05, 3.63) is 34.1 Å². The second-order valence-electron chi connectivity index (χ2n) is 4.70. The Morgan fingerprint density at radius 1 is 0.875 bits per heavy atom. The van der Waals surface area contributed by atoms with E-state index < -0.39 is 0 Å². The van der Waals surface area contributed by atoms with Gasteiger partial charge >= 0.3 is 0 Å². The van der Waals surface area contributed by atoms with Gasteiger partial charge in [0.25, 0.3) is 0 Å². The van der Waals surface area contributed by atoms with Crippen LogP contribution in [0, 0.1) is 11.8 Å². The van der Waals surface area contributed by atoms with Crippen LogP contribution in [-0.2, 0) is 0 Å². The van der Waals surface area contributed by atoms with E-state index in [0.29, 0.717) is 11.8 Å². The third kappa shape index (κ3) is 2.33. The highest BCUT2D eigenvalue weighted by Crippen LogP contribution is 2.53. The number of allylic oxidation sites excluding steroid dienone is 1. The van der Waals surface area contributed by atoms with Gasteiger partial charge in [-0.1, -0.05) is 63.4 Å². The lowest BCUT2D eigenvalue weighted by Gasteiger charge is -2.17. The fourth-order valence-electron chi connectivity index (χ4n) is 2.10. The van der Waals surface area contributed by atoms with Crippen molar-refractivity contribution in [3.8, 4) is 0 Å². The summed E-state index contributed by atoms with van der Waals surface area (Å²) in [6.45, 7) is 9.19. The standard InChI is InChI=1S/C14H18S2/c1-9(2)13(10(3)4)14-15-11-7-5-6-8-12(11)16-14/h5-10H,1-4H3. The zero-order valence-corrected chi connectivity index (χ0v) is 11.9. The Bertz CT molecular complexity index is 379. The topological polar surface area (TPSA) is 0 Å². The van der Waals surface area contributed by atoms with Crippen molar-refractivity contribution in [3.63, 3.8) is 0 Å². The number of hydrogen-bond acceptors (Lipinski definition) is 2. The highest BCUT2D eigenvalue weighted by atomic mass is 32.2. The molecule has 1 aromatic rings. The molecule has 86 valence electrons. The molecule has 0 atom stereocenters. The normalized spacial score (nSPS) is 14.8. The summed E-state index contributed by atoms with van der Waals surface area (Å²) < 4.78 is 1.51. The summed E-state index contributed by atoms with van der Waals surface area (Å²) in [4.78, 5) is 2.84. The van der Waals surface area contributed by atoms with Gasteiger partial charge < -0.3 is 0 Å². The first-order valence-corrected chi connectivity index (χ1v) is 7.41. The summed E-state index contributed by atoms with van der Waals surface area (Å²) in [5, 5.41) is 0. The summed E-state index contributed by atoms with van der Waals surface area (Å²) in [7, 11) is 0. The predicted octanol–water partition coefficient (Wildman–Crippen LogP) is 5.41. The van der Waals surface area contributed by atoms with Crippen LogP contribution in [0.15, 0.2) is 43.9 Å². The Hall–Kier alpha value is -0.340. The maximum absolute atomic E-state index is 2.30. The van der Waals surface area contributed by atoms with Crippen LogP contribution in [0.25, 0.3) is 0 Å². The van der Waals surface area contributed by atoms with Gasteiger partial charge in [-0.25, -0.2) is 0 Å². The Morgan fingerprint density at radius 2 is 1.31 bits per heavy atom. The van der Waals surface area contributed by atoms with E-state index in [9.17, 15) is 0 Å². The smallest absolute Gasteiger partial charge is 0.0496 e. The monoisotopic (exact) mass is 250 g/mol. The average Bonchev–Trinajstić information content (AvgIpc) is 2.58. The minimum atomic E-state index is 0.643. The maximum atomic E-state index is 2.30. The van der Waals surface area contributed by atoms with Crippen molar-refractivity contribution in [2.75, 3.05) is 0 Å². The van der Waals surface area contributed by atoms with E-state index in [1.807, 2.05) is 23.5 Å². The molecule has 0 bridgehead atoms. The van der Waals surface area contributed by atoms with Gasteiger partial charge in [-0.2, -0.15) is 0 Å². The molecule has 0 saturated heterocycles. The minimum Gasteiger partial charge on any atom is -0.0816 e. The van der Waals surface area contributed by atoms with E-state index in [1.54, 1.807) is 5.57 Å². The molecule has 0 saturated carbocycles. The molecule has 0 radical (unpaired) electrons. The number of benzene rings is 1. The van der Waals surface area contributed by atoms with Crippen LogP contribution in [0.4, 0.5) is 0 Å². The van der Waals surface area contributed by atoms with Crippen LogP contribution < -0.4 is 0 Å².